The van der Waals surface area contributed by atoms with E-state index in [9.17, 15) is 13.2 Å². The molecule has 0 aliphatic heterocycles. The first-order valence-corrected chi connectivity index (χ1v) is 9.86. The van der Waals surface area contributed by atoms with Crippen LogP contribution in [0.2, 0.25) is 0 Å². The number of alkyl halides is 3. The fourth-order valence-corrected chi connectivity index (χ4v) is 2.67. The maximum atomic E-state index is 12.9. The van der Waals surface area contributed by atoms with Crippen molar-refractivity contribution in [2.75, 3.05) is 13.6 Å². The smallest absolute Gasteiger partial charge is 0.416 e. The molecule has 0 bridgehead atoms. The fourth-order valence-electron chi connectivity index (χ4n) is 2.67. The molecule has 32 heavy (non-hydrogen) atoms. The van der Waals surface area contributed by atoms with Crippen LogP contribution >= 0.6 is 0 Å². The van der Waals surface area contributed by atoms with Crippen molar-refractivity contribution in [1.82, 2.24) is 14.9 Å². The van der Waals surface area contributed by atoms with Gasteiger partial charge in [0.05, 0.1) is 23.7 Å². The van der Waals surface area contributed by atoms with E-state index in [4.69, 9.17) is 9.47 Å². The highest BCUT2D eigenvalue weighted by molar-refractivity contribution is 5.64. The van der Waals surface area contributed by atoms with Crippen molar-refractivity contribution in [3.8, 4) is 23.3 Å². The Hall–Kier alpha value is -3.62. The van der Waals surface area contributed by atoms with Crippen LogP contribution in [-0.4, -0.2) is 34.8 Å². The molecular formula is C23H23F3N4O2. The third-order valence-corrected chi connectivity index (χ3v) is 4.60. The zero-order chi connectivity index (χ0) is 23.3. The molecule has 3 rings (SSSR count). The summed E-state index contributed by atoms with van der Waals surface area (Å²) in [6.07, 6.45) is -1.47. The van der Waals surface area contributed by atoms with E-state index in [-0.39, 0.29) is 17.5 Å². The van der Waals surface area contributed by atoms with Crippen molar-refractivity contribution >= 4 is 12.0 Å². The lowest BCUT2D eigenvalue weighted by molar-refractivity contribution is -0.137. The molecule has 0 radical (unpaired) electrons. The second-order valence-corrected chi connectivity index (χ2v) is 7.15. The van der Waals surface area contributed by atoms with Gasteiger partial charge in [0.25, 0.3) is 0 Å². The van der Waals surface area contributed by atoms with Crippen LogP contribution in [0.1, 0.15) is 23.6 Å². The van der Waals surface area contributed by atoms with Gasteiger partial charge in [-0.3, -0.25) is 0 Å². The highest BCUT2D eigenvalue weighted by Gasteiger charge is 2.30. The molecule has 0 aliphatic carbocycles. The molecule has 0 aliphatic rings. The van der Waals surface area contributed by atoms with Crippen LogP contribution in [0, 0.1) is 13.8 Å². The molecule has 0 saturated carbocycles. The third-order valence-electron chi connectivity index (χ3n) is 4.60. The van der Waals surface area contributed by atoms with E-state index >= 15 is 0 Å². The fraction of sp³-hybridized carbons (Fsp3) is 0.261. The van der Waals surface area contributed by atoms with Gasteiger partial charge in [-0.1, -0.05) is 6.07 Å². The number of rotatable bonds is 7. The quantitative estimate of drug-likeness (QED) is 0.316. The second kappa shape index (κ2) is 9.67. The van der Waals surface area contributed by atoms with E-state index in [1.807, 2.05) is 44.9 Å². The largest absolute Gasteiger partial charge is 0.439 e. The maximum Gasteiger partial charge on any atom is 0.416 e. The molecule has 0 fully saturated rings. The summed E-state index contributed by atoms with van der Waals surface area (Å²) in [6.45, 7) is 6.70. The van der Waals surface area contributed by atoms with Crippen molar-refractivity contribution in [2.24, 2.45) is 4.99 Å². The van der Waals surface area contributed by atoms with Gasteiger partial charge in [0.1, 0.15) is 17.8 Å². The normalized spacial score (nSPS) is 11.6. The average molecular weight is 444 g/mol. The molecule has 2 aromatic carbocycles. The van der Waals surface area contributed by atoms with Crippen LogP contribution in [0.4, 0.5) is 18.9 Å². The number of aliphatic imine (C=N–C) groups is 1. The highest BCUT2D eigenvalue weighted by atomic mass is 19.4. The van der Waals surface area contributed by atoms with Gasteiger partial charge in [-0.05, 0) is 62.2 Å². The molecular weight excluding hydrogens is 421 g/mol. The highest BCUT2D eigenvalue weighted by Crippen LogP contribution is 2.34. The monoisotopic (exact) mass is 444 g/mol. The molecule has 168 valence electrons. The lowest BCUT2D eigenvalue weighted by Crippen LogP contribution is -2.14. The Bertz CT molecular complexity index is 1120. The Morgan fingerprint density at radius 2 is 1.72 bits per heavy atom. The van der Waals surface area contributed by atoms with E-state index in [1.165, 1.54) is 24.5 Å². The van der Waals surface area contributed by atoms with Gasteiger partial charge in [0, 0.05) is 13.6 Å². The minimum absolute atomic E-state index is 0.00996. The van der Waals surface area contributed by atoms with Crippen molar-refractivity contribution in [2.45, 2.75) is 26.9 Å². The van der Waals surface area contributed by atoms with Gasteiger partial charge >= 0.3 is 6.18 Å². The topological polar surface area (TPSA) is 59.8 Å². The lowest BCUT2D eigenvalue weighted by Gasteiger charge is -2.13. The lowest BCUT2D eigenvalue weighted by atomic mass is 10.1. The van der Waals surface area contributed by atoms with Gasteiger partial charge in [-0.25, -0.2) is 15.0 Å². The van der Waals surface area contributed by atoms with Crippen molar-refractivity contribution in [3.63, 3.8) is 0 Å². The maximum absolute atomic E-state index is 12.9. The summed E-state index contributed by atoms with van der Waals surface area (Å²) in [4.78, 5) is 14.5. The summed E-state index contributed by atoms with van der Waals surface area (Å²) in [7, 11) is 1.94. The minimum atomic E-state index is -4.46. The Kier molecular flexibility index (Phi) is 6.97. The predicted octanol–water partition coefficient (Wildman–Crippen LogP) is 6.31. The number of ether oxygens (including phenoxy) is 2. The SMILES string of the molecule is CCN(C)C=Nc1cc(C)c(Oc2cc(Oc3cccc(C(F)(F)F)c3)ncn2)cc1C. The molecule has 6 nitrogen and oxygen atoms in total. The molecule has 0 saturated heterocycles. The molecule has 0 atom stereocenters. The summed E-state index contributed by atoms with van der Waals surface area (Å²) < 4.78 is 50.1. The Balaban J connectivity index is 1.78. The summed E-state index contributed by atoms with van der Waals surface area (Å²) >= 11 is 0. The summed E-state index contributed by atoms with van der Waals surface area (Å²) in [5.74, 6) is 0.851. The minimum Gasteiger partial charge on any atom is -0.439 e. The van der Waals surface area contributed by atoms with Gasteiger partial charge in [-0.2, -0.15) is 13.2 Å². The average Bonchev–Trinajstić information content (AvgIpc) is 2.74. The van der Waals surface area contributed by atoms with Gasteiger partial charge < -0.3 is 14.4 Å². The summed E-state index contributed by atoms with van der Waals surface area (Å²) in [5, 5.41) is 0. The third kappa shape index (κ3) is 5.96. The van der Waals surface area contributed by atoms with Crippen LogP contribution in [-0.2, 0) is 6.18 Å². The molecule has 1 aromatic heterocycles. The summed E-state index contributed by atoms with van der Waals surface area (Å²) in [5.41, 5.74) is 1.78. The first-order chi connectivity index (χ1) is 15.2. The van der Waals surface area contributed by atoms with E-state index in [0.29, 0.717) is 5.75 Å². The molecule has 3 aromatic rings. The van der Waals surface area contributed by atoms with Gasteiger partial charge in [-0.15, -0.1) is 0 Å². The van der Waals surface area contributed by atoms with Gasteiger partial charge in [0.2, 0.25) is 11.8 Å². The number of nitrogens with zero attached hydrogens (tertiary/aromatic N) is 4. The van der Waals surface area contributed by atoms with Crippen molar-refractivity contribution in [3.05, 3.63) is 65.5 Å². The molecule has 0 unspecified atom stereocenters. The van der Waals surface area contributed by atoms with Crippen molar-refractivity contribution in [1.29, 1.82) is 0 Å². The Morgan fingerprint density at radius 3 is 2.41 bits per heavy atom. The van der Waals surface area contributed by atoms with Gasteiger partial charge in [0.15, 0.2) is 0 Å². The number of hydrogen-bond acceptors (Lipinski definition) is 5. The predicted molar refractivity (Wildman–Crippen MR) is 116 cm³/mol. The standard InChI is InChI=1S/C23H23F3N4O2/c1-5-30(4)14-29-19-9-16(3)20(10-15(19)2)32-22-12-21(27-13-28-22)31-18-8-6-7-17(11-18)23(24,25)26/h6-14H,5H2,1-4H3. The second-order valence-electron chi connectivity index (χ2n) is 7.15. The Morgan fingerprint density at radius 1 is 1.00 bits per heavy atom. The van der Waals surface area contributed by atoms with Crippen molar-refractivity contribution < 1.29 is 22.6 Å². The van der Waals surface area contributed by atoms with E-state index in [2.05, 4.69) is 15.0 Å². The molecule has 0 N–H and O–H groups in total. The summed E-state index contributed by atoms with van der Waals surface area (Å²) in [6, 6.07) is 9.74. The molecule has 0 amide bonds. The molecule has 0 spiro atoms. The van der Waals surface area contributed by atoms with Crippen LogP contribution in [0.3, 0.4) is 0 Å². The molecule has 1 heterocycles. The number of hydrogen-bond donors (Lipinski definition) is 0. The molecule has 9 heteroatoms. The number of aryl methyl sites for hydroxylation is 2. The number of aromatic nitrogens is 2. The van der Waals surface area contributed by atoms with Crippen LogP contribution in [0.5, 0.6) is 23.3 Å². The first kappa shape index (κ1) is 23.1. The van der Waals surface area contributed by atoms with E-state index < -0.39 is 11.7 Å². The van der Waals surface area contributed by atoms with E-state index in [1.54, 1.807) is 6.34 Å². The van der Waals surface area contributed by atoms with E-state index in [0.717, 1.165) is 35.5 Å². The first-order valence-electron chi connectivity index (χ1n) is 9.86. The number of halogens is 3. The van der Waals surface area contributed by atoms with Crippen LogP contribution in [0.15, 0.2) is 53.8 Å². The van der Waals surface area contributed by atoms with Crippen LogP contribution in [0.25, 0.3) is 0 Å². The Labute approximate surface area is 184 Å². The zero-order valence-corrected chi connectivity index (χ0v) is 18.1. The van der Waals surface area contributed by atoms with Crippen LogP contribution < -0.4 is 9.47 Å². The number of benzene rings is 2. The zero-order valence-electron chi connectivity index (χ0n) is 18.1.